The second-order valence-corrected chi connectivity index (χ2v) is 14.5. The molecule has 4 fully saturated rings. The van der Waals surface area contributed by atoms with Crippen molar-refractivity contribution in [1.82, 2.24) is 24.6 Å². The Morgan fingerprint density at radius 1 is 1.12 bits per heavy atom. The van der Waals surface area contributed by atoms with Crippen molar-refractivity contribution in [3.63, 3.8) is 0 Å². The molecule has 4 atom stereocenters. The van der Waals surface area contributed by atoms with Gasteiger partial charge < -0.3 is 24.2 Å². The summed E-state index contributed by atoms with van der Waals surface area (Å²) in [5, 5.41) is 19.6. The number of aromatic nitrogens is 3. The number of fused-ring (bicyclic) bond motifs is 3. The molecule has 3 saturated carbocycles. The topological polar surface area (TPSA) is 118 Å². The van der Waals surface area contributed by atoms with Crippen LogP contribution in [0.2, 0.25) is 5.02 Å². The van der Waals surface area contributed by atoms with Crippen LogP contribution in [0.15, 0.2) is 12.1 Å². The van der Waals surface area contributed by atoms with Gasteiger partial charge in [0, 0.05) is 49.5 Å². The molecule has 10 nitrogen and oxygen atoms in total. The molecule has 0 bridgehead atoms. The fourth-order valence-electron chi connectivity index (χ4n) is 8.82. The van der Waals surface area contributed by atoms with E-state index in [1.54, 1.807) is 6.92 Å². The Labute approximate surface area is 255 Å². The Morgan fingerprint density at radius 2 is 1.95 bits per heavy atom. The van der Waals surface area contributed by atoms with E-state index in [9.17, 15) is 19.5 Å². The summed E-state index contributed by atoms with van der Waals surface area (Å²) in [5.74, 6) is 0.885. The minimum Gasteiger partial charge on any atom is -0.485 e. The Balaban J connectivity index is 1.20. The minimum atomic E-state index is -1.12. The summed E-state index contributed by atoms with van der Waals surface area (Å²) in [6, 6.07) is 3.54. The van der Waals surface area contributed by atoms with Crippen LogP contribution in [0, 0.1) is 16.7 Å². The van der Waals surface area contributed by atoms with Gasteiger partial charge >= 0.3 is 5.97 Å². The van der Waals surface area contributed by atoms with Crippen LogP contribution in [-0.2, 0) is 45.9 Å². The van der Waals surface area contributed by atoms with Crippen molar-refractivity contribution in [3.8, 4) is 5.75 Å². The number of hydrogen-bond acceptors (Lipinski definition) is 6. The zero-order valence-corrected chi connectivity index (χ0v) is 25.4. The summed E-state index contributed by atoms with van der Waals surface area (Å²) in [7, 11) is 0. The van der Waals surface area contributed by atoms with Gasteiger partial charge in [-0.25, -0.2) is 0 Å². The van der Waals surface area contributed by atoms with Gasteiger partial charge in [0.25, 0.3) is 0 Å². The van der Waals surface area contributed by atoms with Gasteiger partial charge in [0.05, 0.1) is 22.9 Å². The van der Waals surface area contributed by atoms with Crippen molar-refractivity contribution in [1.29, 1.82) is 0 Å². The first-order valence-corrected chi connectivity index (χ1v) is 16.2. The van der Waals surface area contributed by atoms with Crippen LogP contribution in [0.5, 0.6) is 5.75 Å². The van der Waals surface area contributed by atoms with E-state index < -0.39 is 22.8 Å². The second-order valence-electron chi connectivity index (χ2n) is 14.1. The number of aliphatic carboxylic acids is 1. The molecule has 228 valence electrons. The highest BCUT2D eigenvalue weighted by atomic mass is 35.5. The number of ether oxygens (including phenoxy) is 1. The number of carbonyl (C=O) groups excluding carboxylic acids is 2. The zero-order chi connectivity index (χ0) is 29.7. The third-order valence-electron chi connectivity index (χ3n) is 11.6. The van der Waals surface area contributed by atoms with E-state index in [1.807, 2.05) is 21.9 Å². The molecule has 3 aliphatic heterocycles. The lowest BCUT2D eigenvalue weighted by molar-refractivity contribution is -0.163. The highest BCUT2D eigenvalue weighted by Crippen LogP contribution is 2.64. The van der Waals surface area contributed by atoms with Crippen LogP contribution in [-0.4, -0.2) is 66.6 Å². The first kappa shape index (κ1) is 27.4. The van der Waals surface area contributed by atoms with Crippen LogP contribution in [0.3, 0.4) is 0 Å². The lowest BCUT2D eigenvalue weighted by Gasteiger charge is -2.46. The quantitative estimate of drug-likeness (QED) is 0.525. The van der Waals surface area contributed by atoms with Gasteiger partial charge in [-0.2, -0.15) is 0 Å². The predicted octanol–water partition coefficient (Wildman–Crippen LogP) is 4.10. The van der Waals surface area contributed by atoms with Gasteiger partial charge in [-0.05, 0) is 68.6 Å². The van der Waals surface area contributed by atoms with E-state index in [0.717, 1.165) is 67.8 Å². The van der Waals surface area contributed by atoms with Crippen LogP contribution in [0.4, 0.5) is 0 Å². The maximum Gasteiger partial charge on any atom is 0.310 e. The molecule has 4 heterocycles. The molecule has 2 spiro atoms. The minimum absolute atomic E-state index is 0.0835. The average Bonchev–Trinajstić information content (AvgIpc) is 3.71. The second kappa shape index (κ2) is 9.43. The number of carbonyl (C=O) groups is 3. The summed E-state index contributed by atoms with van der Waals surface area (Å²) in [4.78, 5) is 44.6. The summed E-state index contributed by atoms with van der Waals surface area (Å²) in [6.45, 7) is 3.99. The van der Waals surface area contributed by atoms with Crippen LogP contribution < -0.4 is 4.74 Å². The number of amides is 2. The zero-order valence-electron chi connectivity index (χ0n) is 24.6. The molecule has 2 unspecified atom stereocenters. The number of carboxylic acids is 1. The van der Waals surface area contributed by atoms with E-state index >= 15 is 0 Å². The van der Waals surface area contributed by atoms with Crippen molar-refractivity contribution in [2.45, 2.75) is 102 Å². The molecule has 1 aromatic carbocycles. The maximum absolute atomic E-state index is 14.7. The Bertz CT molecular complexity index is 1550. The lowest BCUT2D eigenvalue weighted by atomic mass is 9.66. The van der Waals surface area contributed by atoms with Crippen molar-refractivity contribution in [2.24, 2.45) is 16.7 Å². The smallest absolute Gasteiger partial charge is 0.310 e. The van der Waals surface area contributed by atoms with Gasteiger partial charge in [0.15, 0.2) is 5.82 Å². The van der Waals surface area contributed by atoms with Gasteiger partial charge in [-0.3, -0.25) is 14.4 Å². The number of rotatable bonds is 6. The molecule has 11 heteroatoms. The van der Waals surface area contributed by atoms with Crippen LogP contribution >= 0.6 is 11.6 Å². The van der Waals surface area contributed by atoms with E-state index in [0.29, 0.717) is 56.0 Å². The van der Waals surface area contributed by atoms with E-state index in [-0.39, 0.29) is 29.9 Å². The first-order valence-electron chi connectivity index (χ1n) is 15.9. The number of nitrogens with zero attached hydrogens (tertiary/aromatic N) is 5. The maximum atomic E-state index is 14.7. The Morgan fingerprint density at radius 3 is 2.72 bits per heavy atom. The van der Waals surface area contributed by atoms with Crippen molar-refractivity contribution in [2.75, 3.05) is 13.1 Å². The number of aryl methyl sites for hydroxylation is 1. The fourth-order valence-corrected chi connectivity index (χ4v) is 9.08. The monoisotopic (exact) mass is 607 g/mol. The molecule has 1 N–H and O–H groups in total. The van der Waals surface area contributed by atoms with Crippen molar-refractivity contribution >= 4 is 29.4 Å². The van der Waals surface area contributed by atoms with Gasteiger partial charge in [0.2, 0.25) is 11.8 Å². The fraction of sp³-hybridized carbons (Fsp3) is 0.656. The summed E-state index contributed by atoms with van der Waals surface area (Å²) < 4.78 is 8.64. The normalized spacial score (nSPS) is 31.8. The molecule has 0 radical (unpaired) electrons. The number of hydrogen-bond donors (Lipinski definition) is 1. The Kier molecular flexibility index (Phi) is 6.01. The molecule has 1 aromatic heterocycles. The van der Waals surface area contributed by atoms with Crippen LogP contribution in [0.25, 0.3) is 0 Å². The number of carboxylic acid groups (broad SMARTS) is 1. The number of halogens is 1. The molecule has 6 aliphatic rings. The third-order valence-corrected chi connectivity index (χ3v) is 12.0. The lowest BCUT2D eigenvalue weighted by Crippen LogP contribution is -2.55. The molecule has 1 saturated heterocycles. The first-order chi connectivity index (χ1) is 20.7. The molecular formula is C32H38ClN5O5. The van der Waals surface area contributed by atoms with Crippen molar-refractivity contribution < 1.29 is 24.2 Å². The van der Waals surface area contributed by atoms with Crippen LogP contribution in [0.1, 0.15) is 87.5 Å². The molecule has 3 aliphatic carbocycles. The van der Waals surface area contributed by atoms with Crippen molar-refractivity contribution in [3.05, 3.63) is 39.9 Å². The molecular weight excluding hydrogens is 570 g/mol. The average molecular weight is 608 g/mol. The summed E-state index contributed by atoms with van der Waals surface area (Å²) >= 11 is 6.86. The van der Waals surface area contributed by atoms with E-state index in [4.69, 9.17) is 16.3 Å². The van der Waals surface area contributed by atoms with Gasteiger partial charge in [0.1, 0.15) is 18.2 Å². The molecule has 8 rings (SSSR count). The predicted molar refractivity (Wildman–Crippen MR) is 155 cm³/mol. The number of likely N-dealkylation sites (tertiary alicyclic amines) is 1. The molecule has 43 heavy (non-hydrogen) atoms. The Hall–Kier alpha value is -3.14. The molecule has 2 amide bonds. The summed E-state index contributed by atoms with van der Waals surface area (Å²) in [5.41, 5.74) is -0.00681. The molecule has 2 aromatic rings. The van der Waals surface area contributed by atoms with E-state index in [2.05, 4.69) is 14.8 Å². The highest BCUT2D eigenvalue weighted by molar-refractivity contribution is 6.31. The highest BCUT2D eigenvalue weighted by Gasteiger charge is 2.70. The van der Waals surface area contributed by atoms with Gasteiger partial charge in [-0.15, -0.1) is 10.2 Å². The standard InChI is InChI=1S/C32H38ClN5O5/c1-30(29(41)42)10-3-2-5-20(30)28(40)38-14-9-19-21(33)7-8-22(43-17-25-35-34-24-6-4-13-36(24)25)27(19)32(38)15-23(32)37-18-31(11-12-31)16-26(37)39/h7-8,20,23H,2-6,9-18H2,1H3,(H,41,42)/t20-,23?,30-,32?/m0/s1. The SMILES string of the molecule is C[C@]1(C(=O)O)CCCC[C@H]1C(=O)N1CCc2c(Cl)ccc(OCc3nnc4n3CCC4)c2C12CC2N1CC2(CC2)CC1=O. The largest absolute Gasteiger partial charge is 0.485 e. The third kappa shape index (κ3) is 4.00. The number of benzene rings is 1. The van der Waals surface area contributed by atoms with E-state index in [1.165, 1.54) is 0 Å². The van der Waals surface area contributed by atoms with Gasteiger partial charge in [-0.1, -0.05) is 24.4 Å². The summed E-state index contributed by atoms with van der Waals surface area (Å²) in [6.07, 6.45) is 8.45.